The molecule has 0 fully saturated rings. The van der Waals surface area contributed by atoms with Crippen LogP contribution in [0.4, 0.5) is 5.82 Å². The van der Waals surface area contributed by atoms with Crippen molar-refractivity contribution in [3.63, 3.8) is 0 Å². The van der Waals surface area contributed by atoms with E-state index in [1.165, 1.54) is 5.56 Å². The van der Waals surface area contributed by atoms with Crippen molar-refractivity contribution in [2.24, 2.45) is 5.84 Å². The minimum absolute atomic E-state index is 0.693. The summed E-state index contributed by atoms with van der Waals surface area (Å²) in [5, 5.41) is 0. The lowest BCUT2D eigenvalue weighted by Gasteiger charge is -2.11. The first-order valence-electron chi connectivity index (χ1n) is 6.21. The van der Waals surface area contributed by atoms with Crippen LogP contribution in [0.25, 0.3) is 0 Å². The van der Waals surface area contributed by atoms with E-state index in [2.05, 4.69) is 50.4 Å². The summed E-state index contributed by atoms with van der Waals surface area (Å²) in [6.07, 6.45) is 1.56. The van der Waals surface area contributed by atoms with E-state index in [0.29, 0.717) is 6.42 Å². The second kappa shape index (κ2) is 6.12. The van der Waals surface area contributed by atoms with Crippen molar-refractivity contribution in [1.29, 1.82) is 0 Å². The summed E-state index contributed by atoms with van der Waals surface area (Å²) in [5.74, 6) is 7.03. The van der Waals surface area contributed by atoms with Gasteiger partial charge >= 0.3 is 0 Å². The summed E-state index contributed by atoms with van der Waals surface area (Å²) in [6.45, 7) is 4.06. The van der Waals surface area contributed by atoms with Crippen molar-refractivity contribution in [2.75, 3.05) is 5.43 Å². The third-order valence-corrected chi connectivity index (χ3v) is 3.49. The van der Waals surface area contributed by atoms with Crippen molar-refractivity contribution in [2.45, 2.75) is 26.7 Å². The molecule has 0 aliphatic heterocycles. The summed E-state index contributed by atoms with van der Waals surface area (Å²) in [5.41, 5.74) is 5.88. The number of hydrogen-bond acceptors (Lipinski definition) is 4. The molecule has 0 bridgehead atoms. The monoisotopic (exact) mass is 320 g/mol. The lowest BCUT2D eigenvalue weighted by Crippen LogP contribution is -2.14. The average molecular weight is 321 g/mol. The summed E-state index contributed by atoms with van der Waals surface area (Å²) < 4.78 is 1.06. The van der Waals surface area contributed by atoms with Crippen LogP contribution in [0.2, 0.25) is 0 Å². The topological polar surface area (TPSA) is 63.8 Å². The van der Waals surface area contributed by atoms with Crippen LogP contribution in [-0.4, -0.2) is 9.97 Å². The van der Waals surface area contributed by atoms with E-state index in [-0.39, 0.29) is 0 Å². The predicted octanol–water partition coefficient (Wildman–Crippen LogP) is 2.99. The van der Waals surface area contributed by atoms with Crippen LogP contribution in [0.5, 0.6) is 0 Å². The molecule has 0 spiro atoms. The first-order chi connectivity index (χ1) is 9.13. The van der Waals surface area contributed by atoms with Crippen molar-refractivity contribution >= 4 is 21.7 Å². The van der Waals surface area contributed by atoms with Crippen molar-refractivity contribution in [3.05, 3.63) is 51.4 Å². The van der Waals surface area contributed by atoms with E-state index in [1.54, 1.807) is 0 Å². The predicted molar refractivity (Wildman–Crippen MR) is 80.9 cm³/mol. The van der Waals surface area contributed by atoms with Crippen LogP contribution < -0.4 is 11.3 Å². The summed E-state index contributed by atoms with van der Waals surface area (Å²) in [7, 11) is 0. The van der Waals surface area contributed by atoms with Crippen molar-refractivity contribution in [3.8, 4) is 0 Å². The molecule has 0 aliphatic carbocycles. The number of aromatic nitrogens is 2. The smallest absolute Gasteiger partial charge is 0.147 e. The molecule has 1 aromatic heterocycles. The van der Waals surface area contributed by atoms with E-state index in [0.717, 1.165) is 33.8 Å². The van der Waals surface area contributed by atoms with E-state index in [9.17, 15) is 0 Å². The van der Waals surface area contributed by atoms with Gasteiger partial charge in [-0.2, -0.15) is 0 Å². The number of nitrogens with zero attached hydrogens (tertiary/aromatic N) is 2. The van der Waals surface area contributed by atoms with Gasteiger partial charge in [-0.25, -0.2) is 15.8 Å². The van der Waals surface area contributed by atoms with E-state index >= 15 is 0 Å². The number of hydrogen-bond donors (Lipinski definition) is 2. The number of nitrogen functional groups attached to an aromatic ring is 1. The Balaban J connectivity index is 2.33. The Morgan fingerprint density at radius 3 is 2.74 bits per heavy atom. The van der Waals surface area contributed by atoms with E-state index in [1.807, 2.05) is 19.1 Å². The SMILES string of the molecule is CCc1c(C)nc(Cc2cccc(Br)c2)nc1NN. The molecule has 0 saturated carbocycles. The molecule has 1 aromatic carbocycles. The number of rotatable bonds is 4. The molecule has 0 atom stereocenters. The molecule has 0 radical (unpaired) electrons. The second-order valence-corrected chi connectivity index (χ2v) is 5.27. The molecule has 0 aliphatic rings. The molecular weight excluding hydrogens is 304 g/mol. The van der Waals surface area contributed by atoms with Crippen LogP contribution in [0.15, 0.2) is 28.7 Å². The molecule has 4 nitrogen and oxygen atoms in total. The van der Waals surface area contributed by atoms with Gasteiger partial charge in [0.1, 0.15) is 11.6 Å². The zero-order valence-electron chi connectivity index (χ0n) is 11.1. The zero-order chi connectivity index (χ0) is 13.8. The lowest BCUT2D eigenvalue weighted by atomic mass is 10.1. The molecule has 100 valence electrons. The Hall–Kier alpha value is -1.46. The Morgan fingerprint density at radius 2 is 2.11 bits per heavy atom. The molecule has 2 aromatic rings. The van der Waals surface area contributed by atoms with E-state index < -0.39 is 0 Å². The molecule has 3 N–H and O–H groups in total. The number of benzene rings is 1. The number of anilines is 1. The van der Waals surface area contributed by atoms with E-state index in [4.69, 9.17) is 5.84 Å². The number of nitrogens with two attached hydrogens (primary N) is 1. The van der Waals surface area contributed by atoms with Gasteiger partial charge in [-0.15, -0.1) is 0 Å². The lowest BCUT2D eigenvalue weighted by molar-refractivity contribution is 0.903. The highest BCUT2D eigenvalue weighted by Gasteiger charge is 2.09. The fourth-order valence-corrected chi connectivity index (χ4v) is 2.55. The van der Waals surface area contributed by atoms with Crippen LogP contribution >= 0.6 is 15.9 Å². The summed E-state index contributed by atoms with van der Waals surface area (Å²) in [6, 6.07) is 8.14. The largest absolute Gasteiger partial charge is 0.308 e. The van der Waals surface area contributed by atoms with Gasteiger partial charge in [0, 0.05) is 22.2 Å². The highest BCUT2D eigenvalue weighted by Crippen LogP contribution is 2.18. The normalized spacial score (nSPS) is 10.5. The van der Waals surface area contributed by atoms with Crippen LogP contribution in [0, 0.1) is 6.92 Å². The third-order valence-electron chi connectivity index (χ3n) is 3.00. The highest BCUT2D eigenvalue weighted by molar-refractivity contribution is 9.10. The maximum atomic E-state index is 5.53. The molecule has 19 heavy (non-hydrogen) atoms. The van der Waals surface area contributed by atoms with Gasteiger partial charge in [0.05, 0.1) is 0 Å². The fourth-order valence-electron chi connectivity index (χ4n) is 2.11. The third kappa shape index (κ3) is 3.30. The van der Waals surface area contributed by atoms with Crippen LogP contribution in [0.1, 0.15) is 29.6 Å². The highest BCUT2D eigenvalue weighted by atomic mass is 79.9. The number of nitrogens with one attached hydrogen (secondary N) is 1. The number of hydrazine groups is 1. The molecule has 0 amide bonds. The first kappa shape index (κ1) is 14.0. The molecule has 2 rings (SSSR count). The standard InChI is InChI=1S/C14H17BrN4/c1-3-12-9(2)17-13(18-14(12)19-16)8-10-5-4-6-11(15)7-10/h4-7H,3,8,16H2,1-2H3,(H,17,18,19). The van der Waals surface area contributed by atoms with Gasteiger partial charge in [-0.1, -0.05) is 35.0 Å². The molecule has 5 heteroatoms. The van der Waals surface area contributed by atoms with Gasteiger partial charge in [-0.3, -0.25) is 0 Å². The fraction of sp³-hybridized carbons (Fsp3) is 0.286. The summed E-state index contributed by atoms with van der Waals surface area (Å²) in [4.78, 5) is 9.04. The maximum absolute atomic E-state index is 5.53. The van der Waals surface area contributed by atoms with Gasteiger partial charge in [0.25, 0.3) is 0 Å². The Bertz CT molecular complexity index is 584. The van der Waals surface area contributed by atoms with Gasteiger partial charge < -0.3 is 5.43 Å². The average Bonchev–Trinajstić information content (AvgIpc) is 2.38. The molecule has 0 unspecified atom stereocenters. The molecule has 0 saturated heterocycles. The Labute approximate surface area is 121 Å². The quantitative estimate of drug-likeness (QED) is 0.671. The minimum atomic E-state index is 0.693. The van der Waals surface area contributed by atoms with Crippen molar-refractivity contribution < 1.29 is 0 Å². The Kier molecular flexibility index (Phi) is 4.50. The van der Waals surface area contributed by atoms with Crippen LogP contribution in [0.3, 0.4) is 0 Å². The van der Waals surface area contributed by atoms with Gasteiger partial charge in [0.15, 0.2) is 0 Å². The number of aryl methyl sites for hydroxylation is 1. The molecular formula is C14H17BrN4. The minimum Gasteiger partial charge on any atom is -0.308 e. The van der Waals surface area contributed by atoms with Gasteiger partial charge in [-0.05, 0) is 31.0 Å². The van der Waals surface area contributed by atoms with Crippen LogP contribution in [-0.2, 0) is 12.8 Å². The zero-order valence-corrected chi connectivity index (χ0v) is 12.7. The van der Waals surface area contributed by atoms with Crippen molar-refractivity contribution in [1.82, 2.24) is 9.97 Å². The Morgan fingerprint density at radius 1 is 1.32 bits per heavy atom. The maximum Gasteiger partial charge on any atom is 0.147 e. The number of halogens is 1. The summed E-state index contributed by atoms with van der Waals surface area (Å²) >= 11 is 3.47. The van der Waals surface area contributed by atoms with Gasteiger partial charge in [0.2, 0.25) is 0 Å². The second-order valence-electron chi connectivity index (χ2n) is 4.36. The first-order valence-corrected chi connectivity index (χ1v) is 7.00. The molecule has 1 heterocycles.